The predicted octanol–water partition coefficient (Wildman–Crippen LogP) is 0.975. The first kappa shape index (κ1) is 13.5. The maximum atomic E-state index is 12.2. The number of piperazine rings is 1. The molecule has 18 heavy (non-hydrogen) atoms. The molecule has 5 nitrogen and oxygen atoms in total. The first-order valence-corrected chi connectivity index (χ1v) is 7.13. The second-order valence-corrected chi connectivity index (χ2v) is 5.10. The number of nitrogens with zero attached hydrogens (tertiary/aromatic N) is 3. The molecular formula is C12H20ClN3O2. The summed E-state index contributed by atoms with van der Waals surface area (Å²) in [7, 11) is 0. The normalized spacial score (nSPS) is 21.1. The number of carbonyl (C=O) groups is 2. The van der Waals surface area contributed by atoms with Gasteiger partial charge in [-0.25, -0.2) is 4.79 Å². The molecule has 2 aliphatic rings. The van der Waals surface area contributed by atoms with Crippen LogP contribution in [0.2, 0.25) is 0 Å². The van der Waals surface area contributed by atoms with Crippen LogP contribution in [0.15, 0.2) is 0 Å². The summed E-state index contributed by atoms with van der Waals surface area (Å²) in [6.45, 7) is 4.20. The molecule has 2 fully saturated rings. The molecule has 2 saturated heterocycles. The van der Waals surface area contributed by atoms with Gasteiger partial charge < -0.3 is 14.7 Å². The number of rotatable bonds is 1. The lowest BCUT2D eigenvalue weighted by Gasteiger charge is -2.38. The van der Waals surface area contributed by atoms with Crippen LogP contribution in [0.1, 0.15) is 19.3 Å². The van der Waals surface area contributed by atoms with Gasteiger partial charge in [0.1, 0.15) is 5.88 Å². The van der Waals surface area contributed by atoms with Gasteiger partial charge in [0.15, 0.2) is 0 Å². The average molecular weight is 274 g/mol. The summed E-state index contributed by atoms with van der Waals surface area (Å²) < 4.78 is 0. The smallest absolute Gasteiger partial charge is 0.320 e. The molecular weight excluding hydrogens is 254 g/mol. The number of hydrogen-bond acceptors (Lipinski definition) is 2. The van der Waals surface area contributed by atoms with Gasteiger partial charge in [-0.3, -0.25) is 4.79 Å². The fraction of sp³-hybridized carbons (Fsp3) is 0.833. The van der Waals surface area contributed by atoms with Crippen LogP contribution >= 0.6 is 11.6 Å². The van der Waals surface area contributed by atoms with Gasteiger partial charge in [-0.05, 0) is 19.3 Å². The number of piperidine rings is 1. The molecule has 0 saturated carbocycles. The minimum Gasteiger partial charge on any atom is -0.338 e. The zero-order chi connectivity index (χ0) is 13.0. The van der Waals surface area contributed by atoms with Gasteiger partial charge in [0.25, 0.3) is 0 Å². The Labute approximate surface area is 113 Å². The van der Waals surface area contributed by atoms with Crippen LogP contribution in [0.25, 0.3) is 0 Å². The molecule has 0 bridgehead atoms. The van der Waals surface area contributed by atoms with E-state index in [1.807, 2.05) is 9.80 Å². The molecule has 0 aromatic rings. The number of amides is 3. The minimum absolute atomic E-state index is 0.0278. The topological polar surface area (TPSA) is 43.9 Å². The fourth-order valence-electron chi connectivity index (χ4n) is 2.52. The van der Waals surface area contributed by atoms with Gasteiger partial charge >= 0.3 is 6.03 Å². The zero-order valence-corrected chi connectivity index (χ0v) is 11.4. The van der Waals surface area contributed by atoms with E-state index in [-0.39, 0.29) is 17.8 Å². The van der Waals surface area contributed by atoms with Crippen molar-refractivity contribution in [2.75, 3.05) is 45.1 Å². The maximum absolute atomic E-state index is 12.2. The van der Waals surface area contributed by atoms with Crippen molar-refractivity contribution in [1.29, 1.82) is 0 Å². The Morgan fingerprint density at radius 2 is 1.28 bits per heavy atom. The van der Waals surface area contributed by atoms with Crippen molar-refractivity contribution < 1.29 is 9.59 Å². The SMILES string of the molecule is O=C(CCl)N1CCN(C(=O)N2CCCCC2)CC1. The zero-order valence-electron chi connectivity index (χ0n) is 10.6. The summed E-state index contributed by atoms with van der Waals surface area (Å²) in [5.74, 6) is -0.0122. The lowest BCUT2D eigenvalue weighted by molar-refractivity contribution is -0.129. The summed E-state index contributed by atoms with van der Waals surface area (Å²) in [5, 5.41) is 0. The van der Waals surface area contributed by atoms with Gasteiger partial charge in [0.05, 0.1) is 0 Å². The second-order valence-electron chi connectivity index (χ2n) is 4.83. The maximum Gasteiger partial charge on any atom is 0.320 e. The number of halogens is 1. The Bertz CT molecular complexity index is 310. The summed E-state index contributed by atoms with van der Waals surface area (Å²) >= 11 is 5.53. The molecule has 2 aliphatic heterocycles. The third kappa shape index (κ3) is 3.07. The van der Waals surface area contributed by atoms with Crippen LogP contribution < -0.4 is 0 Å². The fourth-order valence-corrected chi connectivity index (χ4v) is 2.69. The van der Waals surface area contributed by atoms with Crippen molar-refractivity contribution in [3.63, 3.8) is 0 Å². The molecule has 2 rings (SSSR count). The Morgan fingerprint density at radius 1 is 0.778 bits per heavy atom. The lowest BCUT2D eigenvalue weighted by atomic mass is 10.1. The van der Waals surface area contributed by atoms with Crippen molar-refractivity contribution in [2.45, 2.75) is 19.3 Å². The molecule has 2 heterocycles. The molecule has 3 amide bonds. The van der Waals surface area contributed by atoms with Crippen LogP contribution in [-0.2, 0) is 4.79 Å². The summed E-state index contributed by atoms with van der Waals surface area (Å²) in [6, 6.07) is 0.132. The highest BCUT2D eigenvalue weighted by atomic mass is 35.5. The predicted molar refractivity (Wildman–Crippen MR) is 69.7 cm³/mol. The van der Waals surface area contributed by atoms with E-state index in [1.54, 1.807) is 4.90 Å². The number of urea groups is 1. The molecule has 0 aliphatic carbocycles. The molecule has 102 valence electrons. The number of carbonyl (C=O) groups excluding carboxylic acids is 2. The van der Waals surface area contributed by atoms with Crippen LogP contribution in [0.5, 0.6) is 0 Å². The van der Waals surface area contributed by atoms with E-state index in [0.29, 0.717) is 26.2 Å². The summed E-state index contributed by atoms with van der Waals surface area (Å²) in [5.41, 5.74) is 0. The first-order valence-electron chi connectivity index (χ1n) is 6.60. The summed E-state index contributed by atoms with van der Waals surface area (Å²) in [6.07, 6.45) is 3.44. The second kappa shape index (κ2) is 6.27. The third-order valence-corrected chi connectivity index (χ3v) is 3.87. The molecule has 6 heteroatoms. The van der Waals surface area contributed by atoms with Crippen molar-refractivity contribution in [3.05, 3.63) is 0 Å². The van der Waals surface area contributed by atoms with Crippen LogP contribution in [0.4, 0.5) is 4.79 Å². The Morgan fingerprint density at radius 3 is 1.83 bits per heavy atom. The lowest BCUT2D eigenvalue weighted by Crippen LogP contribution is -2.54. The quantitative estimate of drug-likeness (QED) is 0.669. The van der Waals surface area contributed by atoms with E-state index in [0.717, 1.165) is 25.9 Å². The molecule has 0 aromatic heterocycles. The van der Waals surface area contributed by atoms with Crippen LogP contribution in [0.3, 0.4) is 0 Å². The van der Waals surface area contributed by atoms with Gasteiger partial charge in [0, 0.05) is 39.3 Å². The molecule has 0 N–H and O–H groups in total. The van der Waals surface area contributed by atoms with Crippen LogP contribution in [-0.4, -0.2) is 71.8 Å². The molecule has 0 atom stereocenters. The number of hydrogen-bond donors (Lipinski definition) is 0. The molecule has 0 aromatic carbocycles. The van der Waals surface area contributed by atoms with Crippen molar-refractivity contribution >= 4 is 23.5 Å². The van der Waals surface area contributed by atoms with E-state index in [2.05, 4.69) is 0 Å². The minimum atomic E-state index is -0.0401. The van der Waals surface area contributed by atoms with E-state index in [9.17, 15) is 9.59 Å². The van der Waals surface area contributed by atoms with Crippen molar-refractivity contribution in [2.24, 2.45) is 0 Å². The number of alkyl halides is 1. The van der Waals surface area contributed by atoms with Crippen molar-refractivity contribution in [1.82, 2.24) is 14.7 Å². The Kier molecular flexibility index (Phi) is 4.69. The highest BCUT2D eigenvalue weighted by Crippen LogP contribution is 2.13. The standard InChI is InChI=1S/C12H20ClN3O2/c13-10-11(17)14-6-8-16(9-7-14)12(18)15-4-2-1-3-5-15/h1-10H2. The molecule has 0 spiro atoms. The van der Waals surface area contributed by atoms with E-state index in [4.69, 9.17) is 11.6 Å². The average Bonchev–Trinajstić information content (AvgIpc) is 2.47. The van der Waals surface area contributed by atoms with Crippen LogP contribution in [0, 0.1) is 0 Å². The van der Waals surface area contributed by atoms with E-state index >= 15 is 0 Å². The molecule has 0 unspecified atom stereocenters. The van der Waals surface area contributed by atoms with E-state index in [1.165, 1.54) is 6.42 Å². The van der Waals surface area contributed by atoms with E-state index < -0.39 is 0 Å². The highest BCUT2D eigenvalue weighted by Gasteiger charge is 2.27. The molecule has 0 radical (unpaired) electrons. The highest BCUT2D eigenvalue weighted by molar-refractivity contribution is 6.27. The number of likely N-dealkylation sites (tertiary alicyclic amines) is 1. The van der Waals surface area contributed by atoms with Gasteiger partial charge in [-0.15, -0.1) is 11.6 Å². The Balaban J connectivity index is 1.81. The largest absolute Gasteiger partial charge is 0.338 e. The van der Waals surface area contributed by atoms with Gasteiger partial charge in [-0.1, -0.05) is 0 Å². The Hall–Kier alpha value is -0.970. The monoisotopic (exact) mass is 273 g/mol. The first-order chi connectivity index (χ1) is 8.72. The third-order valence-electron chi connectivity index (χ3n) is 3.64. The van der Waals surface area contributed by atoms with Gasteiger partial charge in [0.2, 0.25) is 5.91 Å². The van der Waals surface area contributed by atoms with Gasteiger partial charge in [-0.2, -0.15) is 0 Å². The summed E-state index contributed by atoms with van der Waals surface area (Å²) in [4.78, 5) is 29.2. The van der Waals surface area contributed by atoms with Crippen molar-refractivity contribution in [3.8, 4) is 0 Å².